The van der Waals surface area contributed by atoms with Gasteiger partial charge in [-0.2, -0.15) is 0 Å². The van der Waals surface area contributed by atoms with Crippen molar-refractivity contribution < 1.29 is 4.74 Å². The first kappa shape index (κ1) is 14.5. The summed E-state index contributed by atoms with van der Waals surface area (Å²) in [5, 5.41) is 1.47. The number of hydrogen-bond donors (Lipinski definition) is 1. The summed E-state index contributed by atoms with van der Waals surface area (Å²) in [6, 6.07) is 10.4. The first-order valence-electron chi connectivity index (χ1n) is 5.65. The predicted octanol–water partition coefficient (Wildman–Crippen LogP) is 5.46. The lowest BCUT2D eigenvalue weighted by molar-refractivity contribution is 0.483. The van der Waals surface area contributed by atoms with Gasteiger partial charge >= 0.3 is 0 Å². The molecule has 0 saturated carbocycles. The van der Waals surface area contributed by atoms with E-state index in [0.717, 1.165) is 5.56 Å². The fraction of sp³-hybridized carbons (Fsp3) is 0.143. The van der Waals surface area contributed by atoms with E-state index in [1.54, 1.807) is 30.3 Å². The maximum absolute atomic E-state index is 6.16. The Morgan fingerprint density at radius 1 is 0.947 bits per heavy atom. The van der Waals surface area contributed by atoms with Crippen molar-refractivity contribution in [2.45, 2.75) is 13.0 Å². The smallest absolute Gasteiger partial charge is 0.146 e. The van der Waals surface area contributed by atoms with Crippen LogP contribution in [-0.2, 0) is 0 Å². The first-order chi connectivity index (χ1) is 8.97. The number of rotatable bonds is 3. The average Bonchev–Trinajstić information content (AvgIpc) is 2.34. The third-order valence-electron chi connectivity index (χ3n) is 2.60. The summed E-state index contributed by atoms with van der Waals surface area (Å²) >= 11 is 18.0. The molecule has 5 heteroatoms. The Hall–Kier alpha value is -0.930. The molecule has 19 heavy (non-hydrogen) atoms. The molecule has 0 aliphatic rings. The van der Waals surface area contributed by atoms with Gasteiger partial charge in [-0.25, -0.2) is 0 Å². The van der Waals surface area contributed by atoms with E-state index in [0.29, 0.717) is 26.6 Å². The first-order valence-corrected chi connectivity index (χ1v) is 6.78. The maximum Gasteiger partial charge on any atom is 0.146 e. The minimum atomic E-state index is -0.0781. The van der Waals surface area contributed by atoms with Gasteiger partial charge < -0.3 is 10.5 Å². The molecular formula is C14H12Cl3NO. The minimum Gasteiger partial charge on any atom is -0.454 e. The standard InChI is InChI=1S/C14H12Cl3NO/c1-8(18)9-2-4-13(11(16)6-9)19-14-5-3-10(15)7-12(14)17/h2-8H,18H2,1H3. The van der Waals surface area contributed by atoms with Gasteiger partial charge in [0.25, 0.3) is 0 Å². The van der Waals surface area contributed by atoms with Crippen molar-refractivity contribution in [3.63, 3.8) is 0 Å². The van der Waals surface area contributed by atoms with Crippen molar-refractivity contribution in [2.75, 3.05) is 0 Å². The molecule has 0 aliphatic heterocycles. The molecule has 0 bridgehead atoms. The Balaban J connectivity index is 2.28. The quantitative estimate of drug-likeness (QED) is 0.816. The van der Waals surface area contributed by atoms with Crippen molar-refractivity contribution in [3.8, 4) is 11.5 Å². The summed E-state index contributed by atoms with van der Waals surface area (Å²) in [6.45, 7) is 1.89. The summed E-state index contributed by atoms with van der Waals surface area (Å²) in [5.41, 5.74) is 6.73. The molecular weight excluding hydrogens is 305 g/mol. The maximum atomic E-state index is 6.16. The van der Waals surface area contributed by atoms with E-state index in [4.69, 9.17) is 45.3 Å². The van der Waals surface area contributed by atoms with Gasteiger partial charge in [-0.05, 0) is 42.8 Å². The third kappa shape index (κ3) is 3.54. The molecule has 2 aromatic rings. The molecule has 0 aliphatic carbocycles. The highest BCUT2D eigenvalue weighted by Gasteiger charge is 2.09. The fourth-order valence-electron chi connectivity index (χ4n) is 1.56. The average molecular weight is 317 g/mol. The molecule has 2 N–H and O–H groups in total. The van der Waals surface area contributed by atoms with Crippen molar-refractivity contribution in [1.29, 1.82) is 0 Å². The Labute approximate surface area is 127 Å². The lowest BCUT2D eigenvalue weighted by atomic mass is 10.1. The van der Waals surface area contributed by atoms with E-state index in [1.165, 1.54) is 0 Å². The zero-order valence-corrected chi connectivity index (χ0v) is 12.4. The predicted molar refractivity (Wildman–Crippen MR) is 80.6 cm³/mol. The fourth-order valence-corrected chi connectivity index (χ4v) is 2.23. The van der Waals surface area contributed by atoms with Crippen LogP contribution in [0.1, 0.15) is 18.5 Å². The molecule has 100 valence electrons. The molecule has 1 atom stereocenters. The molecule has 2 aromatic carbocycles. The van der Waals surface area contributed by atoms with Crippen LogP contribution in [0.3, 0.4) is 0 Å². The van der Waals surface area contributed by atoms with E-state index < -0.39 is 0 Å². The van der Waals surface area contributed by atoms with Crippen LogP contribution in [0, 0.1) is 0 Å². The topological polar surface area (TPSA) is 35.2 Å². The minimum absolute atomic E-state index is 0.0781. The van der Waals surface area contributed by atoms with Gasteiger partial charge in [0.1, 0.15) is 11.5 Å². The number of ether oxygens (including phenoxy) is 1. The Kier molecular flexibility index (Phi) is 4.58. The monoisotopic (exact) mass is 315 g/mol. The van der Waals surface area contributed by atoms with Gasteiger partial charge in [0, 0.05) is 11.1 Å². The lowest BCUT2D eigenvalue weighted by Gasteiger charge is -2.12. The van der Waals surface area contributed by atoms with Crippen LogP contribution >= 0.6 is 34.8 Å². The summed E-state index contributed by atoms with van der Waals surface area (Å²) in [6.07, 6.45) is 0. The zero-order chi connectivity index (χ0) is 14.0. The second-order valence-corrected chi connectivity index (χ2v) is 5.41. The highest BCUT2D eigenvalue weighted by Crippen LogP contribution is 2.35. The van der Waals surface area contributed by atoms with Crippen molar-refractivity contribution in [1.82, 2.24) is 0 Å². The molecule has 0 heterocycles. The van der Waals surface area contributed by atoms with Gasteiger partial charge in [-0.1, -0.05) is 40.9 Å². The molecule has 2 nitrogen and oxygen atoms in total. The Morgan fingerprint density at radius 2 is 1.53 bits per heavy atom. The molecule has 0 amide bonds. The van der Waals surface area contributed by atoms with E-state index in [9.17, 15) is 0 Å². The lowest BCUT2D eigenvalue weighted by Crippen LogP contribution is -2.04. The normalized spacial score (nSPS) is 12.3. The van der Waals surface area contributed by atoms with Crippen LogP contribution in [0.25, 0.3) is 0 Å². The second kappa shape index (κ2) is 6.02. The van der Waals surface area contributed by atoms with Crippen LogP contribution < -0.4 is 10.5 Å². The number of benzene rings is 2. The van der Waals surface area contributed by atoms with Gasteiger partial charge in [0.15, 0.2) is 0 Å². The molecule has 0 radical (unpaired) electrons. The Bertz CT molecular complexity index is 599. The van der Waals surface area contributed by atoms with E-state index in [-0.39, 0.29) is 6.04 Å². The van der Waals surface area contributed by atoms with Gasteiger partial charge in [0.2, 0.25) is 0 Å². The van der Waals surface area contributed by atoms with Gasteiger partial charge in [-0.15, -0.1) is 0 Å². The largest absolute Gasteiger partial charge is 0.454 e. The summed E-state index contributed by atoms with van der Waals surface area (Å²) < 4.78 is 5.67. The Morgan fingerprint density at radius 3 is 2.05 bits per heavy atom. The van der Waals surface area contributed by atoms with E-state index in [2.05, 4.69) is 0 Å². The summed E-state index contributed by atoms with van der Waals surface area (Å²) in [4.78, 5) is 0. The highest BCUT2D eigenvalue weighted by molar-refractivity contribution is 6.35. The van der Waals surface area contributed by atoms with E-state index >= 15 is 0 Å². The van der Waals surface area contributed by atoms with Crippen LogP contribution in [0.2, 0.25) is 15.1 Å². The third-order valence-corrected chi connectivity index (χ3v) is 3.42. The second-order valence-electron chi connectivity index (χ2n) is 4.16. The SMILES string of the molecule is CC(N)c1ccc(Oc2ccc(Cl)cc2Cl)c(Cl)c1. The van der Waals surface area contributed by atoms with Crippen LogP contribution in [0.5, 0.6) is 11.5 Å². The van der Waals surface area contributed by atoms with Crippen molar-refractivity contribution >= 4 is 34.8 Å². The summed E-state index contributed by atoms with van der Waals surface area (Å²) in [5.74, 6) is 1.02. The summed E-state index contributed by atoms with van der Waals surface area (Å²) in [7, 11) is 0. The van der Waals surface area contributed by atoms with Gasteiger partial charge in [0.05, 0.1) is 10.0 Å². The van der Waals surface area contributed by atoms with E-state index in [1.807, 2.05) is 13.0 Å². The number of hydrogen-bond acceptors (Lipinski definition) is 2. The number of nitrogens with two attached hydrogens (primary N) is 1. The molecule has 2 rings (SSSR count). The highest BCUT2D eigenvalue weighted by atomic mass is 35.5. The molecule has 0 aromatic heterocycles. The van der Waals surface area contributed by atoms with Crippen LogP contribution in [0.15, 0.2) is 36.4 Å². The van der Waals surface area contributed by atoms with Crippen LogP contribution in [0.4, 0.5) is 0 Å². The molecule has 0 spiro atoms. The molecule has 0 saturated heterocycles. The zero-order valence-electron chi connectivity index (χ0n) is 10.2. The molecule has 0 fully saturated rings. The van der Waals surface area contributed by atoms with Crippen LogP contribution in [-0.4, -0.2) is 0 Å². The van der Waals surface area contributed by atoms with Crippen molar-refractivity contribution in [2.24, 2.45) is 5.73 Å². The van der Waals surface area contributed by atoms with Crippen molar-refractivity contribution in [3.05, 3.63) is 57.0 Å². The van der Waals surface area contributed by atoms with Gasteiger partial charge in [-0.3, -0.25) is 0 Å². The number of halogens is 3. The molecule has 1 unspecified atom stereocenters.